The number of unbranched alkanes of at least 4 members (excludes halogenated alkanes) is 1. The number of nitrogens with zero attached hydrogens (tertiary/aromatic N) is 1. The van der Waals surface area contributed by atoms with Crippen molar-refractivity contribution in [3.63, 3.8) is 0 Å². The smallest absolute Gasteiger partial charge is 0.417 e. The Labute approximate surface area is 297 Å². The van der Waals surface area contributed by atoms with Gasteiger partial charge < -0.3 is 19.4 Å². The average Bonchev–Trinajstić information content (AvgIpc) is 3.88. The summed E-state index contributed by atoms with van der Waals surface area (Å²) in [6.07, 6.45) is 1.67. The van der Waals surface area contributed by atoms with E-state index in [9.17, 15) is 27.6 Å². The van der Waals surface area contributed by atoms with E-state index >= 15 is 4.39 Å². The van der Waals surface area contributed by atoms with Crippen LogP contribution < -0.4 is 15.6 Å². The van der Waals surface area contributed by atoms with Gasteiger partial charge in [-0.1, -0.05) is 18.2 Å². The number of hydrogen-bond acceptors (Lipinski definition) is 5. The first-order chi connectivity index (χ1) is 23.7. The van der Waals surface area contributed by atoms with Gasteiger partial charge in [0.1, 0.15) is 17.6 Å². The van der Waals surface area contributed by atoms with Crippen LogP contribution in [0, 0.1) is 19.7 Å². The van der Waals surface area contributed by atoms with Crippen molar-refractivity contribution in [1.29, 1.82) is 0 Å². The van der Waals surface area contributed by atoms with E-state index in [-0.39, 0.29) is 24.5 Å². The van der Waals surface area contributed by atoms with Gasteiger partial charge in [-0.25, -0.2) is 4.39 Å². The lowest BCUT2D eigenvalue weighted by Gasteiger charge is -2.26. The lowest BCUT2D eigenvalue weighted by molar-refractivity contribution is -0.144. The number of carbonyl (C=O) groups is 2. The molecule has 1 aliphatic rings. The summed E-state index contributed by atoms with van der Waals surface area (Å²) in [4.78, 5) is 39.8. The first-order valence-electron chi connectivity index (χ1n) is 16.4. The standard InChI is InChI=1S/C38H41BrF4N2O5/c1-6-9-10-14-50-32-16-22(4)15-23(5)35(32)25-17-26(24-12-13-24)36(40)27(18-25)30(20-34(47)49-8-3)44-37(48)31(11-7-2)45-21-29(39)28(19-33(45)46)38(41,42)43/h6-7,15-19,21,24,30-31H,1-2,8-14,20H2,3-5H3,(H,44,48)/t30-,31-/m0/s1. The quantitative estimate of drug-likeness (QED) is 0.0681. The Morgan fingerprint density at radius 3 is 2.46 bits per heavy atom. The zero-order valence-electron chi connectivity index (χ0n) is 28.3. The minimum atomic E-state index is -4.81. The Hall–Kier alpha value is -4.19. The Morgan fingerprint density at radius 2 is 1.84 bits per heavy atom. The summed E-state index contributed by atoms with van der Waals surface area (Å²) in [6.45, 7) is 13.4. The molecule has 50 heavy (non-hydrogen) atoms. The second-order valence-corrected chi connectivity index (χ2v) is 13.2. The van der Waals surface area contributed by atoms with E-state index in [2.05, 4.69) is 34.4 Å². The fourth-order valence-electron chi connectivity index (χ4n) is 5.96. The number of allylic oxidation sites excluding steroid dienone is 2. The average molecular weight is 762 g/mol. The second-order valence-electron chi connectivity index (χ2n) is 12.4. The Kier molecular flexibility index (Phi) is 12.9. The molecule has 0 radical (unpaired) electrons. The van der Waals surface area contributed by atoms with Crippen LogP contribution in [0.1, 0.15) is 91.3 Å². The highest BCUT2D eigenvalue weighted by molar-refractivity contribution is 9.10. The van der Waals surface area contributed by atoms with E-state index in [0.29, 0.717) is 29.5 Å². The molecule has 1 aliphatic carbocycles. The van der Waals surface area contributed by atoms with Crippen LogP contribution in [0.5, 0.6) is 5.75 Å². The second kappa shape index (κ2) is 16.7. The number of nitrogens with one attached hydrogen (secondary N) is 1. The number of aromatic nitrogens is 1. The molecule has 2 aromatic carbocycles. The maximum absolute atomic E-state index is 16.6. The maximum Gasteiger partial charge on any atom is 0.417 e. The molecule has 0 unspecified atom stereocenters. The minimum Gasteiger partial charge on any atom is -0.493 e. The molecule has 1 aromatic heterocycles. The summed E-state index contributed by atoms with van der Waals surface area (Å²) in [5.74, 6) is -1.58. The summed E-state index contributed by atoms with van der Waals surface area (Å²) in [7, 11) is 0. The number of alkyl halides is 3. The van der Waals surface area contributed by atoms with Gasteiger partial charge in [0, 0.05) is 27.9 Å². The lowest BCUT2D eigenvalue weighted by atomic mass is 9.90. The molecule has 1 heterocycles. The zero-order chi connectivity index (χ0) is 36.7. The molecule has 4 rings (SSSR count). The molecule has 0 saturated heterocycles. The molecule has 1 saturated carbocycles. The number of carbonyl (C=O) groups excluding carboxylic acids is 2. The first-order valence-corrected chi connectivity index (χ1v) is 17.2. The highest BCUT2D eigenvalue weighted by Gasteiger charge is 2.36. The molecule has 268 valence electrons. The minimum absolute atomic E-state index is 0.0293. The van der Waals surface area contributed by atoms with Gasteiger partial charge in [0.05, 0.1) is 31.2 Å². The normalized spacial score (nSPS) is 14.1. The van der Waals surface area contributed by atoms with E-state index in [1.165, 1.54) is 6.08 Å². The molecule has 0 spiro atoms. The van der Waals surface area contributed by atoms with Crippen LogP contribution in [0.4, 0.5) is 17.6 Å². The van der Waals surface area contributed by atoms with Gasteiger partial charge >= 0.3 is 12.1 Å². The number of esters is 1. The van der Waals surface area contributed by atoms with Crippen LogP contribution in [0.25, 0.3) is 11.1 Å². The SMILES string of the molecule is C=CCCCOc1cc(C)cc(C)c1-c1cc(C2CC2)c(F)c([C@H](CC(=O)OCC)NC(=O)[C@H](CC=C)n2cc(Br)c(C(F)(F)F)cc2=O)c1. The van der Waals surface area contributed by atoms with Gasteiger partial charge in [-0.2, -0.15) is 13.2 Å². The van der Waals surface area contributed by atoms with Crippen LogP contribution in [0.15, 0.2) is 71.1 Å². The third kappa shape index (κ3) is 9.32. The number of amides is 1. The molecule has 12 heteroatoms. The Balaban J connectivity index is 1.84. The molecule has 0 aliphatic heterocycles. The molecule has 1 fully saturated rings. The van der Waals surface area contributed by atoms with Crippen molar-refractivity contribution in [2.75, 3.05) is 13.2 Å². The highest BCUT2D eigenvalue weighted by atomic mass is 79.9. The molecule has 2 atom stereocenters. The van der Waals surface area contributed by atoms with Gasteiger partial charge in [-0.15, -0.1) is 13.2 Å². The van der Waals surface area contributed by atoms with Crippen molar-refractivity contribution in [2.45, 2.75) is 83.5 Å². The van der Waals surface area contributed by atoms with Crippen molar-refractivity contribution in [1.82, 2.24) is 9.88 Å². The monoisotopic (exact) mass is 760 g/mol. The van der Waals surface area contributed by atoms with Crippen molar-refractivity contribution in [3.05, 3.63) is 110 Å². The summed E-state index contributed by atoms with van der Waals surface area (Å²) in [5.41, 5.74) is 1.42. The van der Waals surface area contributed by atoms with E-state index in [0.717, 1.165) is 53.1 Å². The predicted molar refractivity (Wildman–Crippen MR) is 188 cm³/mol. The molecule has 7 nitrogen and oxygen atoms in total. The maximum atomic E-state index is 16.6. The van der Waals surface area contributed by atoms with Gasteiger partial charge in [0.2, 0.25) is 5.91 Å². The fourth-order valence-corrected chi connectivity index (χ4v) is 6.52. The number of ether oxygens (including phenoxy) is 2. The summed E-state index contributed by atoms with van der Waals surface area (Å²) < 4.78 is 68.9. The van der Waals surface area contributed by atoms with Crippen LogP contribution in [0.2, 0.25) is 0 Å². The number of pyridine rings is 1. The predicted octanol–water partition coefficient (Wildman–Crippen LogP) is 9.20. The molecule has 1 N–H and O–H groups in total. The topological polar surface area (TPSA) is 86.6 Å². The van der Waals surface area contributed by atoms with Crippen molar-refractivity contribution in [3.8, 4) is 16.9 Å². The largest absolute Gasteiger partial charge is 0.493 e. The number of halogens is 5. The lowest BCUT2D eigenvalue weighted by Crippen LogP contribution is -2.40. The van der Waals surface area contributed by atoms with Crippen LogP contribution >= 0.6 is 15.9 Å². The summed E-state index contributed by atoms with van der Waals surface area (Å²) >= 11 is 2.87. The summed E-state index contributed by atoms with van der Waals surface area (Å²) in [5, 5.41) is 2.72. The molecule has 3 aromatic rings. The highest BCUT2D eigenvalue weighted by Crippen LogP contribution is 2.46. The van der Waals surface area contributed by atoms with E-state index in [1.54, 1.807) is 19.1 Å². The molecule has 1 amide bonds. The third-order valence-corrected chi connectivity index (χ3v) is 9.05. The van der Waals surface area contributed by atoms with Gasteiger partial charge in [-0.05, 0) is 115 Å². The van der Waals surface area contributed by atoms with Crippen molar-refractivity contribution >= 4 is 27.8 Å². The number of rotatable bonds is 16. The van der Waals surface area contributed by atoms with Crippen LogP contribution in [-0.2, 0) is 20.5 Å². The molecular weight excluding hydrogens is 720 g/mol. The zero-order valence-corrected chi connectivity index (χ0v) is 29.9. The van der Waals surface area contributed by atoms with Crippen molar-refractivity contribution < 1.29 is 36.6 Å². The van der Waals surface area contributed by atoms with Crippen LogP contribution in [-0.4, -0.2) is 29.7 Å². The van der Waals surface area contributed by atoms with Crippen molar-refractivity contribution in [2.24, 2.45) is 0 Å². The number of benzene rings is 2. The molecule has 0 bridgehead atoms. The Bertz CT molecular complexity index is 1820. The third-order valence-electron chi connectivity index (χ3n) is 8.42. The van der Waals surface area contributed by atoms with Crippen LogP contribution in [0.3, 0.4) is 0 Å². The van der Waals surface area contributed by atoms with E-state index < -0.39 is 58.0 Å². The van der Waals surface area contributed by atoms with Gasteiger partial charge in [0.15, 0.2) is 0 Å². The van der Waals surface area contributed by atoms with Gasteiger partial charge in [0.25, 0.3) is 5.56 Å². The molecular formula is C38H41BrF4N2O5. The summed E-state index contributed by atoms with van der Waals surface area (Å²) in [6, 6.07) is 5.04. The Morgan fingerprint density at radius 1 is 1.12 bits per heavy atom. The van der Waals surface area contributed by atoms with Gasteiger partial charge in [-0.3, -0.25) is 14.4 Å². The number of hydrogen-bond donors (Lipinski definition) is 1. The first kappa shape index (κ1) is 38.6. The number of aryl methyl sites for hydroxylation is 2. The fraction of sp³-hybridized carbons (Fsp3) is 0.395. The van der Waals surface area contributed by atoms with E-state index in [4.69, 9.17) is 9.47 Å². The van der Waals surface area contributed by atoms with E-state index in [1.807, 2.05) is 32.1 Å².